The summed E-state index contributed by atoms with van der Waals surface area (Å²) in [4.78, 5) is 28.7. The van der Waals surface area contributed by atoms with Gasteiger partial charge < -0.3 is 13.9 Å². The Balaban J connectivity index is 1.69. The van der Waals surface area contributed by atoms with Crippen LogP contribution in [-0.2, 0) is 19.1 Å². The molecule has 186 valence electrons. The lowest BCUT2D eigenvalue weighted by molar-refractivity contribution is -0.136. The average molecular weight is 504 g/mol. The summed E-state index contributed by atoms with van der Waals surface area (Å²) in [6, 6.07) is 31.8. The van der Waals surface area contributed by atoms with Crippen LogP contribution in [0.4, 0.5) is 11.4 Å². The molecule has 3 heterocycles. The van der Waals surface area contributed by atoms with Gasteiger partial charge in [-0.3, -0.25) is 4.90 Å². The van der Waals surface area contributed by atoms with Crippen LogP contribution in [-0.4, -0.2) is 24.9 Å². The number of methoxy groups -OCH3 is 1. The lowest BCUT2D eigenvalue weighted by Gasteiger charge is -2.26. The number of furan rings is 1. The summed E-state index contributed by atoms with van der Waals surface area (Å²) in [5, 5.41) is 6.61. The van der Waals surface area contributed by atoms with Crippen molar-refractivity contribution in [2.45, 2.75) is 0 Å². The molecule has 0 radical (unpaired) electrons. The second kappa shape index (κ2) is 9.59. The predicted octanol–water partition coefficient (Wildman–Crippen LogP) is 5.32. The van der Waals surface area contributed by atoms with E-state index in [2.05, 4.69) is 0 Å². The summed E-state index contributed by atoms with van der Waals surface area (Å²) in [5.74, 6) is -0.352. The zero-order valence-corrected chi connectivity index (χ0v) is 20.3. The van der Waals surface area contributed by atoms with Crippen molar-refractivity contribution >= 4 is 34.9 Å². The number of carbonyl (C=O) groups is 2. The van der Waals surface area contributed by atoms with Crippen molar-refractivity contribution in [1.82, 2.24) is 0 Å². The molecule has 1 aromatic heterocycles. The van der Waals surface area contributed by atoms with E-state index in [4.69, 9.17) is 19.0 Å². The number of hydrazone groups is 1. The summed E-state index contributed by atoms with van der Waals surface area (Å²) in [6.07, 6.45) is 1.44. The number of amidine groups is 1. The molecule has 0 saturated carbocycles. The number of ether oxygens (including phenoxy) is 2. The monoisotopic (exact) mass is 503 g/mol. The van der Waals surface area contributed by atoms with Gasteiger partial charge in [0.1, 0.15) is 11.1 Å². The smallest absolute Gasteiger partial charge is 0.348 e. The number of esters is 2. The molecule has 2 aliphatic rings. The van der Waals surface area contributed by atoms with Gasteiger partial charge in [-0.1, -0.05) is 66.7 Å². The van der Waals surface area contributed by atoms with Gasteiger partial charge in [0.15, 0.2) is 23.2 Å². The molecule has 0 unspecified atom stereocenters. The molecule has 0 spiro atoms. The van der Waals surface area contributed by atoms with Crippen LogP contribution in [0.1, 0.15) is 11.3 Å². The van der Waals surface area contributed by atoms with E-state index in [-0.39, 0.29) is 22.7 Å². The maximum Gasteiger partial charge on any atom is 0.348 e. The zero-order chi connectivity index (χ0) is 26.1. The van der Waals surface area contributed by atoms with Crippen molar-refractivity contribution in [3.63, 3.8) is 0 Å². The van der Waals surface area contributed by atoms with Crippen molar-refractivity contribution < 1.29 is 23.5 Å². The van der Waals surface area contributed by atoms with Gasteiger partial charge in [-0.2, -0.15) is 0 Å². The van der Waals surface area contributed by atoms with Crippen molar-refractivity contribution in [3.05, 3.63) is 138 Å². The normalized spacial score (nSPS) is 17.1. The minimum Gasteiger partial charge on any atom is -0.465 e. The highest BCUT2D eigenvalue weighted by Crippen LogP contribution is 2.42. The Morgan fingerprint density at radius 1 is 0.816 bits per heavy atom. The number of rotatable bonds is 5. The van der Waals surface area contributed by atoms with Crippen molar-refractivity contribution in [2.75, 3.05) is 17.0 Å². The Kier molecular flexibility index (Phi) is 5.82. The van der Waals surface area contributed by atoms with Crippen LogP contribution in [0.15, 0.2) is 136 Å². The van der Waals surface area contributed by atoms with Crippen LogP contribution in [0.3, 0.4) is 0 Å². The van der Waals surface area contributed by atoms with E-state index < -0.39 is 11.9 Å². The summed E-state index contributed by atoms with van der Waals surface area (Å²) >= 11 is 0. The standard InChI is InChI=1S/C30H21N3O5/c1-36-29(34)24-25(30(35)38-26(24)23-18-11-19-37-23)28-32(21-14-7-3-8-15-21)27(20-12-5-2-6-13-20)31-33(28)22-16-9-4-10-17-22/h2-19H,1H3/b28-25+. The van der Waals surface area contributed by atoms with E-state index in [0.717, 1.165) is 11.3 Å². The fourth-order valence-electron chi connectivity index (χ4n) is 4.44. The molecule has 38 heavy (non-hydrogen) atoms. The summed E-state index contributed by atoms with van der Waals surface area (Å²) in [5.41, 5.74) is 2.19. The van der Waals surface area contributed by atoms with Crippen LogP contribution in [0.5, 0.6) is 0 Å². The van der Waals surface area contributed by atoms with Crippen LogP contribution in [0.2, 0.25) is 0 Å². The number of para-hydroxylation sites is 2. The first-order valence-corrected chi connectivity index (χ1v) is 11.8. The number of cyclic esters (lactones) is 1. The summed E-state index contributed by atoms with van der Waals surface area (Å²) in [7, 11) is 1.25. The highest BCUT2D eigenvalue weighted by atomic mass is 16.6. The third-order valence-electron chi connectivity index (χ3n) is 6.10. The highest BCUT2D eigenvalue weighted by molar-refractivity contribution is 6.21. The van der Waals surface area contributed by atoms with E-state index in [9.17, 15) is 9.59 Å². The van der Waals surface area contributed by atoms with Gasteiger partial charge in [0.2, 0.25) is 0 Å². The maximum atomic E-state index is 13.6. The molecule has 6 rings (SSSR count). The second-order valence-electron chi connectivity index (χ2n) is 8.37. The van der Waals surface area contributed by atoms with Crippen LogP contribution < -0.4 is 9.91 Å². The molecule has 0 fully saturated rings. The van der Waals surface area contributed by atoms with E-state index in [1.165, 1.54) is 13.4 Å². The lowest BCUT2D eigenvalue weighted by atomic mass is 10.0. The largest absolute Gasteiger partial charge is 0.465 e. The first kappa shape index (κ1) is 23.1. The molecular formula is C30H21N3O5. The second-order valence-corrected chi connectivity index (χ2v) is 8.37. The molecule has 4 aromatic rings. The van der Waals surface area contributed by atoms with Crippen LogP contribution in [0, 0.1) is 0 Å². The van der Waals surface area contributed by atoms with E-state index in [1.54, 1.807) is 17.1 Å². The first-order valence-electron chi connectivity index (χ1n) is 11.8. The van der Waals surface area contributed by atoms with Crippen molar-refractivity contribution in [1.29, 1.82) is 0 Å². The molecule has 8 heteroatoms. The minimum absolute atomic E-state index is 0.00522. The number of benzene rings is 3. The Hall–Kier alpha value is -5.37. The Morgan fingerprint density at radius 2 is 1.45 bits per heavy atom. The molecular weight excluding hydrogens is 482 g/mol. The van der Waals surface area contributed by atoms with Gasteiger partial charge in [-0.25, -0.2) is 14.6 Å². The topological polar surface area (TPSA) is 84.6 Å². The third kappa shape index (κ3) is 3.84. The van der Waals surface area contributed by atoms with E-state index in [0.29, 0.717) is 17.3 Å². The quantitative estimate of drug-likeness (QED) is 0.269. The van der Waals surface area contributed by atoms with Crippen LogP contribution in [0.25, 0.3) is 5.76 Å². The van der Waals surface area contributed by atoms with Gasteiger partial charge in [0.25, 0.3) is 0 Å². The molecule has 0 N–H and O–H groups in total. The third-order valence-corrected chi connectivity index (χ3v) is 6.10. The zero-order valence-electron chi connectivity index (χ0n) is 20.3. The maximum absolute atomic E-state index is 13.6. The number of nitrogens with zero attached hydrogens (tertiary/aromatic N) is 3. The van der Waals surface area contributed by atoms with E-state index in [1.807, 2.05) is 95.9 Å². The van der Waals surface area contributed by atoms with Gasteiger partial charge >= 0.3 is 11.9 Å². The van der Waals surface area contributed by atoms with Gasteiger partial charge in [-0.05, 0) is 36.4 Å². The SMILES string of the molecule is COC(=O)C1=C(c2ccco2)OC(=O)/C1=C1/N(c2ccccc2)N=C(c2ccccc2)N1c1ccccc1. The fraction of sp³-hybridized carbons (Fsp3) is 0.0333. The Bertz CT molecular complexity index is 1590. The van der Waals surface area contributed by atoms with Crippen molar-refractivity contribution in [2.24, 2.45) is 5.10 Å². The number of hydrogen-bond acceptors (Lipinski definition) is 8. The lowest BCUT2D eigenvalue weighted by Crippen LogP contribution is -2.32. The molecule has 0 atom stereocenters. The van der Waals surface area contributed by atoms with Crippen LogP contribution >= 0.6 is 0 Å². The molecule has 3 aromatic carbocycles. The molecule has 0 aliphatic carbocycles. The Morgan fingerprint density at radius 3 is 2.05 bits per heavy atom. The number of carbonyl (C=O) groups excluding carboxylic acids is 2. The first-order chi connectivity index (χ1) is 18.7. The number of hydrogen-bond donors (Lipinski definition) is 0. The average Bonchev–Trinajstić information content (AvgIpc) is 3.71. The fourth-order valence-corrected chi connectivity index (χ4v) is 4.44. The summed E-state index contributed by atoms with van der Waals surface area (Å²) in [6.45, 7) is 0. The predicted molar refractivity (Wildman–Crippen MR) is 142 cm³/mol. The molecule has 0 saturated heterocycles. The van der Waals surface area contributed by atoms with Gasteiger partial charge in [0.05, 0.1) is 19.1 Å². The molecule has 0 bridgehead atoms. The highest BCUT2D eigenvalue weighted by Gasteiger charge is 2.45. The van der Waals surface area contributed by atoms with Gasteiger partial charge in [-0.15, -0.1) is 5.10 Å². The molecule has 2 aliphatic heterocycles. The van der Waals surface area contributed by atoms with Gasteiger partial charge in [0, 0.05) is 11.3 Å². The Labute approximate surface area is 218 Å². The number of anilines is 2. The molecule has 0 amide bonds. The summed E-state index contributed by atoms with van der Waals surface area (Å²) < 4.78 is 16.3. The minimum atomic E-state index is -0.737. The van der Waals surface area contributed by atoms with Crippen molar-refractivity contribution in [3.8, 4) is 0 Å². The van der Waals surface area contributed by atoms with E-state index >= 15 is 0 Å². The molecule has 8 nitrogen and oxygen atoms in total.